The Balaban J connectivity index is 1.91. The Morgan fingerprint density at radius 1 is 0.917 bits per heavy atom. The van der Waals surface area contributed by atoms with Crippen LogP contribution in [-0.2, 0) is 0 Å². The standard InChI is InChI=1S/C18H11NO2S3/c20-16-11-5-1-2-6-12(11)24-18(15(16)13-7-3-9-22-13)19-17(21)14-8-4-10-23-14/h1-10H,(H,19,21). The summed E-state index contributed by atoms with van der Waals surface area (Å²) >= 11 is 4.30. The number of benzene rings is 1. The fraction of sp³-hybridized carbons (Fsp3) is 0. The maximum Gasteiger partial charge on any atom is 0.266 e. The first-order valence-corrected chi connectivity index (χ1v) is 9.76. The Labute approximate surface area is 149 Å². The lowest BCUT2D eigenvalue weighted by molar-refractivity contribution is 0.103. The Morgan fingerprint density at radius 3 is 2.46 bits per heavy atom. The molecule has 6 heteroatoms. The molecule has 24 heavy (non-hydrogen) atoms. The fourth-order valence-corrected chi connectivity index (χ4v) is 4.99. The van der Waals surface area contributed by atoms with Gasteiger partial charge >= 0.3 is 0 Å². The van der Waals surface area contributed by atoms with Gasteiger partial charge in [-0.05, 0) is 35.0 Å². The summed E-state index contributed by atoms with van der Waals surface area (Å²) < 4.78 is 0.865. The van der Waals surface area contributed by atoms with Crippen molar-refractivity contribution in [3.05, 3.63) is 74.4 Å². The van der Waals surface area contributed by atoms with Gasteiger partial charge in [0.1, 0.15) is 5.00 Å². The molecule has 0 saturated carbocycles. The quantitative estimate of drug-likeness (QED) is 0.532. The molecule has 0 spiro atoms. The number of nitrogens with one attached hydrogen (secondary N) is 1. The third kappa shape index (κ3) is 2.69. The van der Waals surface area contributed by atoms with Crippen molar-refractivity contribution in [1.82, 2.24) is 0 Å². The van der Waals surface area contributed by atoms with Crippen LogP contribution in [0.1, 0.15) is 9.67 Å². The zero-order valence-electron chi connectivity index (χ0n) is 12.3. The molecule has 0 bridgehead atoms. The highest BCUT2D eigenvalue weighted by Gasteiger charge is 2.18. The minimum atomic E-state index is -0.186. The lowest BCUT2D eigenvalue weighted by Gasteiger charge is -2.10. The summed E-state index contributed by atoms with van der Waals surface area (Å²) in [5.41, 5.74) is 0.520. The SMILES string of the molecule is O=C(Nc1sc2ccccc2c(=O)c1-c1cccs1)c1cccs1. The number of carbonyl (C=O) groups excluding carboxylic acids is 1. The second-order valence-electron chi connectivity index (χ2n) is 5.04. The predicted molar refractivity (Wildman–Crippen MR) is 104 cm³/mol. The maximum atomic E-state index is 13.0. The first-order valence-electron chi connectivity index (χ1n) is 7.18. The molecule has 0 aliphatic carbocycles. The van der Waals surface area contributed by atoms with Gasteiger partial charge in [0.05, 0.1) is 10.4 Å². The number of rotatable bonds is 3. The van der Waals surface area contributed by atoms with Gasteiger partial charge in [-0.1, -0.05) is 24.3 Å². The molecule has 3 nitrogen and oxygen atoms in total. The summed E-state index contributed by atoms with van der Waals surface area (Å²) in [7, 11) is 0. The Kier molecular flexibility index (Phi) is 4.02. The van der Waals surface area contributed by atoms with Crippen LogP contribution < -0.4 is 10.7 Å². The number of carbonyl (C=O) groups is 1. The number of anilines is 1. The van der Waals surface area contributed by atoms with Gasteiger partial charge in [0.2, 0.25) is 0 Å². The van der Waals surface area contributed by atoms with Crippen LogP contribution in [0.25, 0.3) is 20.5 Å². The molecule has 1 amide bonds. The monoisotopic (exact) mass is 369 g/mol. The number of amides is 1. The fourth-order valence-electron chi connectivity index (χ4n) is 2.45. The molecular weight excluding hydrogens is 358 g/mol. The normalized spacial score (nSPS) is 10.8. The molecule has 0 fully saturated rings. The van der Waals surface area contributed by atoms with Gasteiger partial charge in [-0.15, -0.1) is 34.0 Å². The highest BCUT2D eigenvalue weighted by molar-refractivity contribution is 7.23. The Hall–Kier alpha value is -2.28. The number of thiophene rings is 2. The van der Waals surface area contributed by atoms with E-state index in [0.717, 1.165) is 9.58 Å². The summed E-state index contributed by atoms with van der Waals surface area (Å²) in [6.45, 7) is 0. The molecule has 0 aliphatic rings. The predicted octanol–water partition coefficient (Wildman–Crippen LogP) is 5.30. The summed E-state index contributed by atoms with van der Waals surface area (Å²) in [4.78, 5) is 26.9. The molecule has 0 atom stereocenters. The van der Waals surface area contributed by atoms with E-state index in [2.05, 4.69) is 5.32 Å². The van der Waals surface area contributed by atoms with Crippen molar-refractivity contribution in [1.29, 1.82) is 0 Å². The first-order chi connectivity index (χ1) is 11.7. The van der Waals surface area contributed by atoms with Crippen LogP contribution in [-0.4, -0.2) is 5.91 Å². The molecule has 118 valence electrons. The third-order valence-electron chi connectivity index (χ3n) is 3.54. The van der Waals surface area contributed by atoms with Gasteiger partial charge in [-0.2, -0.15) is 0 Å². The topological polar surface area (TPSA) is 46.2 Å². The van der Waals surface area contributed by atoms with Crippen LogP contribution >= 0.6 is 34.0 Å². The zero-order chi connectivity index (χ0) is 16.5. The van der Waals surface area contributed by atoms with Gasteiger partial charge in [-0.25, -0.2) is 0 Å². The van der Waals surface area contributed by atoms with E-state index in [0.29, 0.717) is 20.8 Å². The highest BCUT2D eigenvalue weighted by atomic mass is 32.1. The van der Waals surface area contributed by atoms with Crippen LogP contribution in [0.4, 0.5) is 5.00 Å². The second kappa shape index (κ2) is 6.32. The van der Waals surface area contributed by atoms with E-state index >= 15 is 0 Å². The van der Waals surface area contributed by atoms with E-state index in [9.17, 15) is 9.59 Å². The van der Waals surface area contributed by atoms with E-state index in [1.165, 1.54) is 34.0 Å². The Morgan fingerprint density at radius 2 is 1.71 bits per heavy atom. The molecule has 4 rings (SSSR count). The van der Waals surface area contributed by atoms with E-state index < -0.39 is 0 Å². The first kappa shape index (κ1) is 15.3. The molecule has 0 saturated heterocycles. The van der Waals surface area contributed by atoms with Crippen molar-refractivity contribution in [3.8, 4) is 10.4 Å². The smallest absolute Gasteiger partial charge is 0.266 e. The van der Waals surface area contributed by atoms with Gasteiger partial charge in [0.15, 0.2) is 5.43 Å². The molecule has 0 aliphatic heterocycles. The van der Waals surface area contributed by atoms with Gasteiger partial charge in [-0.3, -0.25) is 9.59 Å². The molecule has 0 radical (unpaired) electrons. The van der Waals surface area contributed by atoms with Crippen molar-refractivity contribution in [3.63, 3.8) is 0 Å². The molecule has 1 aromatic carbocycles. The second-order valence-corrected chi connectivity index (χ2v) is 7.99. The van der Waals surface area contributed by atoms with Crippen LogP contribution in [0.15, 0.2) is 64.1 Å². The van der Waals surface area contributed by atoms with E-state index in [-0.39, 0.29) is 11.3 Å². The van der Waals surface area contributed by atoms with E-state index in [4.69, 9.17) is 0 Å². The lowest BCUT2D eigenvalue weighted by atomic mass is 10.1. The van der Waals surface area contributed by atoms with Crippen LogP contribution in [0.3, 0.4) is 0 Å². The van der Waals surface area contributed by atoms with Crippen molar-refractivity contribution in [2.45, 2.75) is 0 Å². The molecule has 4 aromatic rings. The Bertz CT molecular complexity index is 1060. The number of fused-ring (bicyclic) bond motifs is 1. The van der Waals surface area contributed by atoms with Crippen molar-refractivity contribution >= 4 is 55.0 Å². The molecule has 3 aromatic heterocycles. The molecule has 0 unspecified atom stereocenters. The van der Waals surface area contributed by atoms with Crippen molar-refractivity contribution < 1.29 is 4.79 Å². The lowest BCUT2D eigenvalue weighted by Crippen LogP contribution is -2.14. The van der Waals surface area contributed by atoms with Crippen LogP contribution in [0.2, 0.25) is 0 Å². The maximum absolute atomic E-state index is 13.0. The number of hydrogen-bond donors (Lipinski definition) is 1. The van der Waals surface area contributed by atoms with Crippen LogP contribution in [0.5, 0.6) is 0 Å². The van der Waals surface area contributed by atoms with Gasteiger partial charge in [0, 0.05) is 15.0 Å². The molecule has 1 N–H and O–H groups in total. The highest BCUT2D eigenvalue weighted by Crippen LogP contribution is 2.35. The average molecular weight is 369 g/mol. The minimum absolute atomic E-state index is 0.0479. The summed E-state index contributed by atoms with van der Waals surface area (Å²) in [6.07, 6.45) is 0. The molecular formula is C18H11NO2S3. The minimum Gasteiger partial charge on any atom is -0.312 e. The zero-order valence-corrected chi connectivity index (χ0v) is 14.8. The van der Waals surface area contributed by atoms with E-state index in [1.54, 1.807) is 6.07 Å². The van der Waals surface area contributed by atoms with Gasteiger partial charge in [0.25, 0.3) is 5.91 Å². The van der Waals surface area contributed by atoms with Crippen molar-refractivity contribution in [2.24, 2.45) is 0 Å². The van der Waals surface area contributed by atoms with E-state index in [1.807, 2.05) is 53.2 Å². The van der Waals surface area contributed by atoms with Crippen molar-refractivity contribution in [2.75, 3.05) is 5.32 Å². The largest absolute Gasteiger partial charge is 0.312 e. The summed E-state index contributed by atoms with van der Waals surface area (Å²) in [6, 6.07) is 14.9. The molecule has 3 heterocycles. The average Bonchev–Trinajstić information content (AvgIpc) is 3.29. The third-order valence-corrected chi connectivity index (χ3v) is 6.38. The number of hydrogen-bond acceptors (Lipinski definition) is 5. The van der Waals surface area contributed by atoms with Gasteiger partial charge < -0.3 is 5.32 Å². The summed E-state index contributed by atoms with van der Waals surface area (Å²) in [5.74, 6) is -0.186. The van der Waals surface area contributed by atoms with Crippen LogP contribution in [0, 0.1) is 0 Å². The summed E-state index contributed by atoms with van der Waals surface area (Å²) in [5, 5.41) is 8.00.